The van der Waals surface area contributed by atoms with E-state index in [2.05, 4.69) is 25.1 Å². The molecule has 0 unspecified atom stereocenters. The highest BCUT2D eigenvalue weighted by Gasteiger charge is 2.24. The number of rotatable bonds is 8. The van der Waals surface area contributed by atoms with Gasteiger partial charge in [0.25, 0.3) is 15.9 Å². The standard InChI is InChI=1S/C23H24N6O4S2/c1-14(2)29-15(3)10-20(27-29)28-35(31,32)19-11-17(12-24-22(19)33-4)25-21(30)18-13-34-23(26-18)16-8-6-5-7-9-16/h5-14H,1-4H3,(H,25,30)(H,27,28). The minimum absolute atomic E-state index is 0.0659. The van der Waals surface area contributed by atoms with E-state index in [4.69, 9.17) is 4.74 Å². The molecule has 10 nitrogen and oxygen atoms in total. The summed E-state index contributed by atoms with van der Waals surface area (Å²) in [5.41, 5.74) is 2.09. The van der Waals surface area contributed by atoms with Gasteiger partial charge in [0.2, 0.25) is 5.88 Å². The maximum atomic E-state index is 13.1. The number of amides is 1. The number of anilines is 2. The van der Waals surface area contributed by atoms with Gasteiger partial charge in [-0.15, -0.1) is 11.3 Å². The summed E-state index contributed by atoms with van der Waals surface area (Å²) in [4.78, 5) is 21.0. The fraction of sp³-hybridized carbons (Fsp3) is 0.217. The first kappa shape index (κ1) is 24.4. The normalized spacial score (nSPS) is 11.5. The molecule has 0 fully saturated rings. The van der Waals surface area contributed by atoms with Crippen molar-refractivity contribution in [2.24, 2.45) is 0 Å². The monoisotopic (exact) mass is 512 g/mol. The highest BCUT2D eigenvalue weighted by atomic mass is 32.2. The van der Waals surface area contributed by atoms with E-state index in [1.807, 2.05) is 51.1 Å². The van der Waals surface area contributed by atoms with Crippen LogP contribution in [0.25, 0.3) is 10.6 Å². The third kappa shape index (κ3) is 5.33. The van der Waals surface area contributed by atoms with Crippen molar-refractivity contribution in [3.63, 3.8) is 0 Å². The lowest BCUT2D eigenvalue weighted by Crippen LogP contribution is -2.17. The van der Waals surface area contributed by atoms with E-state index in [1.165, 1.54) is 30.7 Å². The number of ether oxygens (including phenoxy) is 1. The lowest BCUT2D eigenvalue weighted by molar-refractivity contribution is 0.102. The number of methoxy groups -OCH3 is 1. The van der Waals surface area contributed by atoms with Gasteiger partial charge in [-0.1, -0.05) is 30.3 Å². The van der Waals surface area contributed by atoms with Crippen LogP contribution in [0.1, 0.15) is 36.1 Å². The second-order valence-corrected chi connectivity index (χ2v) is 10.4. The van der Waals surface area contributed by atoms with Gasteiger partial charge < -0.3 is 10.1 Å². The molecule has 2 N–H and O–H groups in total. The van der Waals surface area contributed by atoms with Crippen LogP contribution in [0, 0.1) is 6.92 Å². The van der Waals surface area contributed by atoms with Crippen molar-refractivity contribution in [3.05, 3.63) is 65.4 Å². The molecule has 0 bridgehead atoms. The van der Waals surface area contributed by atoms with E-state index in [0.29, 0.717) is 5.01 Å². The Morgan fingerprint density at radius 1 is 1.17 bits per heavy atom. The predicted octanol–water partition coefficient (Wildman–Crippen LogP) is 4.35. The summed E-state index contributed by atoms with van der Waals surface area (Å²) in [7, 11) is -2.80. The van der Waals surface area contributed by atoms with Crippen molar-refractivity contribution in [3.8, 4) is 16.5 Å². The molecule has 4 rings (SSSR count). The molecule has 0 saturated heterocycles. The number of aromatic nitrogens is 4. The van der Waals surface area contributed by atoms with E-state index in [9.17, 15) is 13.2 Å². The van der Waals surface area contributed by atoms with Crippen LogP contribution in [-0.4, -0.2) is 41.2 Å². The van der Waals surface area contributed by atoms with Gasteiger partial charge >= 0.3 is 0 Å². The van der Waals surface area contributed by atoms with Crippen LogP contribution < -0.4 is 14.8 Å². The van der Waals surface area contributed by atoms with E-state index in [-0.39, 0.29) is 34.0 Å². The molecule has 3 heterocycles. The Kier molecular flexibility index (Phi) is 6.85. The summed E-state index contributed by atoms with van der Waals surface area (Å²) in [6.45, 7) is 5.73. The maximum Gasteiger partial charge on any atom is 0.275 e. The number of benzene rings is 1. The first-order valence-electron chi connectivity index (χ1n) is 10.6. The zero-order valence-electron chi connectivity index (χ0n) is 19.5. The van der Waals surface area contributed by atoms with Crippen LogP contribution in [0.5, 0.6) is 5.88 Å². The number of sulfonamides is 1. The van der Waals surface area contributed by atoms with Crippen LogP contribution in [0.2, 0.25) is 0 Å². The highest BCUT2D eigenvalue weighted by Crippen LogP contribution is 2.28. The lowest BCUT2D eigenvalue weighted by Gasteiger charge is -2.12. The lowest BCUT2D eigenvalue weighted by atomic mass is 10.2. The van der Waals surface area contributed by atoms with Crippen molar-refractivity contribution in [1.82, 2.24) is 19.7 Å². The minimum Gasteiger partial charge on any atom is -0.480 e. The number of aryl methyl sites for hydroxylation is 1. The number of pyridine rings is 1. The van der Waals surface area contributed by atoms with Crippen molar-refractivity contribution < 1.29 is 17.9 Å². The zero-order chi connectivity index (χ0) is 25.2. The van der Waals surface area contributed by atoms with Crippen LogP contribution in [0.3, 0.4) is 0 Å². The molecule has 1 aromatic carbocycles. The molecule has 35 heavy (non-hydrogen) atoms. The molecule has 3 aromatic heterocycles. The van der Waals surface area contributed by atoms with Crippen LogP contribution >= 0.6 is 11.3 Å². The van der Waals surface area contributed by atoms with Gasteiger partial charge in [-0.25, -0.2) is 18.4 Å². The topological polar surface area (TPSA) is 128 Å². The SMILES string of the molecule is COc1ncc(NC(=O)c2csc(-c3ccccc3)n2)cc1S(=O)(=O)Nc1cc(C)n(C(C)C)n1. The van der Waals surface area contributed by atoms with Gasteiger partial charge in [0, 0.05) is 28.7 Å². The Labute approximate surface area is 207 Å². The van der Waals surface area contributed by atoms with Crippen molar-refractivity contribution in [1.29, 1.82) is 0 Å². The molecule has 0 radical (unpaired) electrons. The molecule has 0 saturated carbocycles. The summed E-state index contributed by atoms with van der Waals surface area (Å²) in [6.07, 6.45) is 1.32. The third-order valence-electron chi connectivity index (χ3n) is 4.97. The fourth-order valence-corrected chi connectivity index (χ4v) is 5.33. The van der Waals surface area contributed by atoms with E-state index in [0.717, 1.165) is 11.3 Å². The summed E-state index contributed by atoms with van der Waals surface area (Å²) in [6, 6.07) is 12.5. The second-order valence-electron chi connectivity index (χ2n) is 7.90. The van der Waals surface area contributed by atoms with Gasteiger partial charge in [-0.2, -0.15) is 5.10 Å². The quantitative estimate of drug-likeness (QED) is 0.359. The highest BCUT2D eigenvalue weighted by molar-refractivity contribution is 7.92. The molecular formula is C23H24N6O4S2. The smallest absolute Gasteiger partial charge is 0.275 e. The molecule has 0 aliphatic carbocycles. The average Bonchev–Trinajstić information content (AvgIpc) is 3.46. The van der Waals surface area contributed by atoms with E-state index < -0.39 is 15.9 Å². The van der Waals surface area contributed by atoms with E-state index >= 15 is 0 Å². The van der Waals surface area contributed by atoms with Crippen LogP contribution in [0.4, 0.5) is 11.5 Å². The van der Waals surface area contributed by atoms with Gasteiger partial charge in [0.15, 0.2) is 10.7 Å². The zero-order valence-corrected chi connectivity index (χ0v) is 21.1. The first-order valence-corrected chi connectivity index (χ1v) is 13.0. The third-order valence-corrected chi connectivity index (χ3v) is 7.21. The van der Waals surface area contributed by atoms with Gasteiger partial charge in [-0.05, 0) is 26.8 Å². The molecule has 1 amide bonds. The van der Waals surface area contributed by atoms with Gasteiger partial charge in [-0.3, -0.25) is 14.2 Å². The van der Waals surface area contributed by atoms with Gasteiger partial charge in [0.05, 0.1) is 19.0 Å². The Morgan fingerprint density at radius 2 is 1.91 bits per heavy atom. The molecule has 4 aromatic rings. The number of nitrogens with zero attached hydrogens (tertiary/aromatic N) is 4. The Hall–Kier alpha value is -3.77. The number of hydrogen-bond acceptors (Lipinski definition) is 8. The number of hydrogen-bond donors (Lipinski definition) is 2. The minimum atomic E-state index is -4.12. The van der Waals surface area contributed by atoms with Crippen molar-refractivity contribution in [2.75, 3.05) is 17.1 Å². The molecule has 0 aliphatic rings. The summed E-state index contributed by atoms with van der Waals surface area (Å²) < 4.78 is 35.6. The fourth-order valence-electron chi connectivity index (χ4n) is 3.39. The Morgan fingerprint density at radius 3 is 2.57 bits per heavy atom. The predicted molar refractivity (Wildman–Crippen MR) is 134 cm³/mol. The maximum absolute atomic E-state index is 13.1. The number of carbonyl (C=O) groups is 1. The number of nitrogens with one attached hydrogen (secondary N) is 2. The Bertz CT molecular complexity index is 1460. The van der Waals surface area contributed by atoms with Crippen molar-refractivity contribution >= 4 is 38.8 Å². The number of carbonyl (C=O) groups excluding carboxylic acids is 1. The molecular weight excluding hydrogens is 488 g/mol. The van der Waals surface area contributed by atoms with Crippen LogP contribution in [-0.2, 0) is 10.0 Å². The number of thiazole rings is 1. The molecule has 12 heteroatoms. The second kappa shape index (κ2) is 9.84. The summed E-state index contributed by atoms with van der Waals surface area (Å²) >= 11 is 1.34. The van der Waals surface area contributed by atoms with E-state index in [1.54, 1.807) is 16.1 Å². The first-order chi connectivity index (χ1) is 16.7. The van der Waals surface area contributed by atoms with Crippen molar-refractivity contribution in [2.45, 2.75) is 31.7 Å². The summed E-state index contributed by atoms with van der Waals surface area (Å²) in [5, 5.41) is 9.30. The van der Waals surface area contributed by atoms with Gasteiger partial charge in [0.1, 0.15) is 10.7 Å². The molecule has 182 valence electrons. The summed E-state index contributed by atoms with van der Waals surface area (Å²) in [5.74, 6) is -0.433. The molecule has 0 atom stereocenters. The molecule has 0 aliphatic heterocycles. The largest absolute Gasteiger partial charge is 0.480 e. The van der Waals surface area contributed by atoms with Crippen LogP contribution in [0.15, 0.2) is 58.9 Å². The average molecular weight is 513 g/mol. The Balaban J connectivity index is 1.57. The molecule has 0 spiro atoms.